The van der Waals surface area contributed by atoms with Crippen molar-refractivity contribution in [1.82, 2.24) is 5.32 Å². The molecule has 0 aliphatic carbocycles. The molecule has 1 saturated heterocycles. The molecule has 0 spiro atoms. The summed E-state index contributed by atoms with van der Waals surface area (Å²) in [5, 5.41) is 3.58. The van der Waals surface area contributed by atoms with Gasteiger partial charge in [0, 0.05) is 23.3 Å². The topological polar surface area (TPSA) is 58.4 Å². The third kappa shape index (κ3) is 2.53. The van der Waals surface area contributed by atoms with Crippen LogP contribution in [0.2, 0.25) is 5.02 Å². The second kappa shape index (κ2) is 4.94. The van der Waals surface area contributed by atoms with E-state index >= 15 is 0 Å². The van der Waals surface area contributed by atoms with Gasteiger partial charge in [0.05, 0.1) is 0 Å². The van der Waals surface area contributed by atoms with Gasteiger partial charge in [0.2, 0.25) is 0 Å². The van der Waals surface area contributed by atoms with Crippen LogP contribution in [0.1, 0.15) is 12.0 Å². The zero-order chi connectivity index (χ0) is 12.4. The Balaban J connectivity index is 2.17. The summed E-state index contributed by atoms with van der Waals surface area (Å²) in [4.78, 5) is 13.5. The van der Waals surface area contributed by atoms with Crippen molar-refractivity contribution in [3.8, 4) is 0 Å². The number of rotatable bonds is 3. The van der Waals surface area contributed by atoms with E-state index in [0.29, 0.717) is 18.1 Å². The molecule has 1 fully saturated rings. The van der Waals surface area contributed by atoms with E-state index in [1.54, 1.807) is 4.90 Å². The van der Waals surface area contributed by atoms with E-state index in [1.807, 2.05) is 25.1 Å². The number of hydrogen-bond acceptors (Lipinski definition) is 2. The third-order valence-electron chi connectivity index (χ3n) is 2.96. The molecule has 3 N–H and O–H groups in total. The van der Waals surface area contributed by atoms with Gasteiger partial charge >= 0.3 is 6.03 Å². The minimum Gasteiger partial charge on any atom is -0.333 e. The van der Waals surface area contributed by atoms with Crippen molar-refractivity contribution in [2.45, 2.75) is 19.4 Å². The maximum Gasteiger partial charge on any atom is 0.322 e. The van der Waals surface area contributed by atoms with Crippen LogP contribution in [0.15, 0.2) is 18.2 Å². The zero-order valence-corrected chi connectivity index (χ0v) is 10.5. The van der Waals surface area contributed by atoms with Crippen molar-refractivity contribution in [1.29, 1.82) is 0 Å². The SMILES string of the molecule is Cc1ccc(N2CC(CCN)NC2=O)cc1Cl. The van der Waals surface area contributed by atoms with E-state index in [4.69, 9.17) is 17.3 Å². The molecule has 17 heavy (non-hydrogen) atoms. The van der Waals surface area contributed by atoms with E-state index < -0.39 is 0 Å². The normalized spacial score (nSPS) is 19.6. The predicted octanol–water partition coefficient (Wildman–Crippen LogP) is 1.90. The Morgan fingerprint density at radius 2 is 2.35 bits per heavy atom. The molecule has 5 heteroatoms. The minimum atomic E-state index is -0.0802. The molecule has 2 amide bonds. The Labute approximate surface area is 106 Å². The highest BCUT2D eigenvalue weighted by atomic mass is 35.5. The van der Waals surface area contributed by atoms with Crippen LogP contribution in [0, 0.1) is 6.92 Å². The Kier molecular flexibility index (Phi) is 3.54. The Morgan fingerprint density at radius 1 is 1.59 bits per heavy atom. The molecule has 0 saturated carbocycles. The number of carbonyl (C=O) groups is 1. The Hall–Kier alpha value is -1.26. The van der Waals surface area contributed by atoms with Crippen LogP contribution in [0.25, 0.3) is 0 Å². The smallest absolute Gasteiger partial charge is 0.322 e. The van der Waals surface area contributed by atoms with E-state index in [9.17, 15) is 4.79 Å². The maximum atomic E-state index is 11.8. The number of anilines is 1. The molecule has 1 aromatic carbocycles. The van der Waals surface area contributed by atoms with Gasteiger partial charge in [0.1, 0.15) is 0 Å². The van der Waals surface area contributed by atoms with Gasteiger partial charge in [-0.2, -0.15) is 0 Å². The molecule has 0 bridgehead atoms. The van der Waals surface area contributed by atoms with Crippen LogP contribution in [0.5, 0.6) is 0 Å². The van der Waals surface area contributed by atoms with Gasteiger partial charge < -0.3 is 11.1 Å². The fourth-order valence-electron chi connectivity index (χ4n) is 1.94. The summed E-state index contributed by atoms with van der Waals surface area (Å²) in [5.41, 5.74) is 7.33. The van der Waals surface area contributed by atoms with Crippen molar-refractivity contribution in [2.75, 3.05) is 18.0 Å². The minimum absolute atomic E-state index is 0.0802. The largest absolute Gasteiger partial charge is 0.333 e. The lowest BCUT2D eigenvalue weighted by molar-refractivity contribution is 0.250. The summed E-state index contributed by atoms with van der Waals surface area (Å²) >= 11 is 6.06. The molecule has 0 radical (unpaired) electrons. The first-order valence-corrected chi connectivity index (χ1v) is 6.04. The summed E-state index contributed by atoms with van der Waals surface area (Å²) in [6.45, 7) is 3.16. The van der Waals surface area contributed by atoms with Crippen molar-refractivity contribution in [3.05, 3.63) is 28.8 Å². The monoisotopic (exact) mass is 253 g/mol. The van der Waals surface area contributed by atoms with Crippen LogP contribution < -0.4 is 16.0 Å². The van der Waals surface area contributed by atoms with Gasteiger partial charge in [-0.05, 0) is 37.6 Å². The molecule has 1 unspecified atom stereocenters. The number of halogens is 1. The number of benzene rings is 1. The second-order valence-corrected chi connectivity index (χ2v) is 4.68. The molecule has 1 aliphatic heterocycles. The molecule has 0 aromatic heterocycles. The second-order valence-electron chi connectivity index (χ2n) is 4.27. The number of nitrogens with two attached hydrogens (primary N) is 1. The average molecular weight is 254 g/mol. The summed E-state index contributed by atoms with van der Waals surface area (Å²) in [6.07, 6.45) is 0.793. The van der Waals surface area contributed by atoms with Gasteiger partial charge in [-0.25, -0.2) is 4.79 Å². The molecular formula is C12H16ClN3O. The standard InChI is InChI=1S/C12H16ClN3O/c1-8-2-3-10(6-11(8)13)16-7-9(4-5-14)15-12(16)17/h2-3,6,9H,4-5,7,14H2,1H3,(H,15,17). The van der Waals surface area contributed by atoms with Crippen LogP contribution in [-0.2, 0) is 0 Å². The van der Waals surface area contributed by atoms with Gasteiger partial charge in [0.15, 0.2) is 0 Å². The fraction of sp³-hybridized carbons (Fsp3) is 0.417. The van der Waals surface area contributed by atoms with E-state index in [-0.39, 0.29) is 12.1 Å². The maximum absolute atomic E-state index is 11.8. The number of carbonyl (C=O) groups excluding carboxylic acids is 1. The number of aryl methyl sites for hydroxylation is 1. The Bertz CT molecular complexity index is 436. The molecule has 92 valence electrons. The van der Waals surface area contributed by atoms with Crippen LogP contribution in [0.4, 0.5) is 10.5 Å². The predicted molar refractivity (Wildman–Crippen MR) is 69.5 cm³/mol. The zero-order valence-electron chi connectivity index (χ0n) is 9.74. The number of nitrogens with zero attached hydrogens (tertiary/aromatic N) is 1. The van der Waals surface area contributed by atoms with Gasteiger partial charge in [-0.15, -0.1) is 0 Å². The van der Waals surface area contributed by atoms with E-state index in [2.05, 4.69) is 5.32 Å². The molecule has 1 atom stereocenters. The molecule has 1 aromatic rings. The van der Waals surface area contributed by atoms with Crippen LogP contribution >= 0.6 is 11.6 Å². The summed E-state index contributed by atoms with van der Waals surface area (Å²) in [6, 6.07) is 5.70. The first kappa shape index (κ1) is 12.2. The number of nitrogens with one attached hydrogen (secondary N) is 1. The third-order valence-corrected chi connectivity index (χ3v) is 3.37. The number of urea groups is 1. The lowest BCUT2D eigenvalue weighted by atomic mass is 10.2. The van der Waals surface area contributed by atoms with Crippen molar-refractivity contribution < 1.29 is 4.79 Å². The van der Waals surface area contributed by atoms with E-state index in [1.165, 1.54) is 0 Å². The first-order chi connectivity index (χ1) is 8.11. The molecule has 4 nitrogen and oxygen atoms in total. The lowest BCUT2D eigenvalue weighted by Crippen LogP contribution is -2.29. The Morgan fingerprint density at radius 3 is 3.00 bits per heavy atom. The van der Waals surface area contributed by atoms with Gasteiger partial charge in [0.25, 0.3) is 0 Å². The molecule has 1 heterocycles. The number of amides is 2. The highest BCUT2D eigenvalue weighted by Crippen LogP contribution is 2.25. The lowest BCUT2D eigenvalue weighted by Gasteiger charge is -2.15. The summed E-state index contributed by atoms with van der Waals surface area (Å²) in [5.74, 6) is 0. The molecular weight excluding hydrogens is 238 g/mol. The van der Waals surface area contributed by atoms with Crippen LogP contribution in [0.3, 0.4) is 0 Å². The van der Waals surface area contributed by atoms with Crippen molar-refractivity contribution in [3.63, 3.8) is 0 Å². The first-order valence-electron chi connectivity index (χ1n) is 5.66. The summed E-state index contributed by atoms with van der Waals surface area (Å²) < 4.78 is 0. The molecule has 2 rings (SSSR count). The van der Waals surface area contributed by atoms with Gasteiger partial charge in [-0.1, -0.05) is 17.7 Å². The highest BCUT2D eigenvalue weighted by molar-refractivity contribution is 6.31. The molecule has 1 aliphatic rings. The van der Waals surface area contributed by atoms with Gasteiger partial charge in [-0.3, -0.25) is 4.90 Å². The van der Waals surface area contributed by atoms with E-state index in [0.717, 1.165) is 17.7 Å². The van der Waals surface area contributed by atoms with Crippen LogP contribution in [-0.4, -0.2) is 25.2 Å². The van der Waals surface area contributed by atoms with Crippen molar-refractivity contribution in [2.24, 2.45) is 5.73 Å². The fourth-order valence-corrected chi connectivity index (χ4v) is 2.11. The highest BCUT2D eigenvalue weighted by Gasteiger charge is 2.29. The van der Waals surface area contributed by atoms with Crippen molar-refractivity contribution >= 4 is 23.3 Å². The summed E-state index contributed by atoms with van der Waals surface area (Å²) in [7, 11) is 0. The number of hydrogen-bond donors (Lipinski definition) is 2. The average Bonchev–Trinajstić information content (AvgIpc) is 2.64. The quantitative estimate of drug-likeness (QED) is 0.864.